The van der Waals surface area contributed by atoms with Crippen molar-refractivity contribution < 1.29 is 14.3 Å². The first-order valence-electron chi connectivity index (χ1n) is 9.43. The second kappa shape index (κ2) is 8.71. The number of hydrogen-bond acceptors (Lipinski definition) is 4. The fraction of sp³-hybridized carbons (Fsp3) is 0.364. The molecule has 0 bridgehead atoms. The number of anilines is 1. The van der Waals surface area contributed by atoms with Crippen molar-refractivity contribution in [3.8, 4) is 0 Å². The third-order valence-corrected chi connectivity index (χ3v) is 4.98. The number of amides is 1. The number of benzene rings is 2. The highest BCUT2D eigenvalue weighted by Crippen LogP contribution is 2.18. The van der Waals surface area contributed by atoms with Gasteiger partial charge in [-0.25, -0.2) is 4.79 Å². The molecule has 0 unspecified atom stereocenters. The molecule has 0 N–H and O–H groups in total. The van der Waals surface area contributed by atoms with Gasteiger partial charge in [-0.3, -0.25) is 4.79 Å². The summed E-state index contributed by atoms with van der Waals surface area (Å²) < 4.78 is 5.01. The van der Waals surface area contributed by atoms with Crippen LogP contribution in [0.15, 0.2) is 48.5 Å². The van der Waals surface area contributed by atoms with Crippen molar-refractivity contribution in [3.05, 3.63) is 65.2 Å². The summed E-state index contributed by atoms with van der Waals surface area (Å²) in [7, 11) is 0. The summed E-state index contributed by atoms with van der Waals surface area (Å²) in [6.07, 6.45) is 0.459. The molecule has 142 valence electrons. The van der Waals surface area contributed by atoms with Gasteiger partial charge in [0.25, 0.3) is 0 Å². The van der Waals surface area contributed by atoms with E-state index in [4.69, 9.17) is 4.74 Å². The maximum atomic E-state index is 12.6. The van der Waals surface area contributed by atoms with Crippen LogP contribution in [-0.2, 0) is 16.0 Å². The van der Waals surface area contributed by atoms with E-state index in [1.165, 1.54) is 0 Å². The van der Waals surface area contributed by atoms with Crippen molar-refractivity contribution in [2.24, 2.45) is 0 Å². The molecule has 0 atom stereocenters. The molecule has 27 heavy (non-hydrogen) atoms. The first-order chi connectivity index (χ1) is 13.1. The summed E-state index contributed by atoms with van der Waals surface area (Å²) in [6.45, 7) is 7.22. The molecule has 2 aromatic rings. The van der Waals surface area contributed by atoms with Crippen LogP contribution in [0, 0.1) is 6.92 Å². The molecule has 1 fully saturated rings. The second-order valence-electron chi connectivity index (χ2n) is 6.74. The van der Waals surface area contributed by atoms with E-state index in [0.29, 0.717) is 31.7 Å². The molecule has 5 heteroatoms. The molecule has 0 aliphatic carbocycles. The number of carbonyl (C=O) groups is 2. The van der Waals surface area contributed by atoms with E-state index >= 15 is 0 Å². The van der Waals surface area contributed by atoms with Gasteiger partial charge >= 0.3 is 5.97 Å². The minimum atomic E-state index is -0.296. The van der Waals surface area contributed by atoms with Crippen molar-refractivity contribution in [2.75, 3.05) is 37.7 Å². The Hall–Kier alpha value is -2.82. The lowest BCUT2D eigenvalue weighted by molar-refractivity contribution is -0.130. The minimum absolute atomic E-state index is 0.182. The largest absolute Gasteiger partial charge is 0.462 e. The zero-order chi connectivity index (χ0) is 19.2. The lowest BCUT2D eigenvalue weighted by Crippen LogP contribution is -2.49. The molecule has 0 saturated carbocycles. The quantitative estimate of drug-likeness (QED) is 0.763. The van der Waals surface area contributed by atoms with Crippen LogP contribution in [0.1, 0.15) is 28.4 Å². The van der Waals surface area contributed by atoms with Crippen LogP contribution in [0.25, 0.3) is 0 Å². The highest BCUT2D eigenvalue weighted by Gasteiger charge is 2.22. The fourth-order valence-corrected chi connectivity index (χ4v) is 3.32. The first kappa shape index (κ1) is 19.0. The summed E-state index contributed by atoms with van der Waals surface area (Å²) >= 11 is 0. The molecule has 1 aliphatic heterocycles. The maximum Gasteiger partial charge on any atom is 0.338 e. The predicted molar refractivity (Wildman–Crippen MR) is 106 cm³/mol. The van der Waals surface area contributed by atoms with Crippen LogP contribution >= 0.6 is 0 Å². The van der Waals surface area contributed by atoms with Gasteiger partial charge in [-0.1, -0.05) is 24.3 Å². The molecule has 0 radical (unpaired) electrons. The van der Waals surface area contributed by atoms with Crippen molar-refractivity contribution in [2.45, 2.75) is 20.3 Å². The van der Waals surface area contributed by atoms with Crippen LogP contribution in [0.4, 0.5) is 5.69 Å². The SMILES string of the molecule is CCOC(=O)c1ccc(N2CCN(C(=O)Cc3ccccc3C)CC2)cc1. The van der Waals surface area contributed by atoms with Crippen molar-refractivity contribution >= 4 is 17.6 Å². The first-order valence-corrected chi connectivity index (χ1v) is 9.43. The van der Waals surface area contributed by atoms with E-state index in [9.17, 15) is 9.59 Å². The predicted octanol–water partition coefficient (Wildman–Crippen LogP) is 3.06. The topological polar surface area (TPSA) is 49.9 Å². The molecule has 0 aromatic heterocycles. The second-order valence-corrected chi connectivity index (χ2v) is 6.74. The molecule has 1 amide bonds. The standard InChI is InChI=1S/C22H26N2O3/c1-3-27-22(26)18-8-10-20(11-9-18)23-12-14-24(15-13-23)21(25)16-19-7-5-4-6-17(19)2/h4-11H,3,12-16H2,1-2H3. The Morgan fingerprint density at radius 3 is 2.26 bits per heavy atom. The summed E-state index contributed by atoms with van der Waals surface area (Å²) in [6, 6.07) is 15.5. The number of hydrogen-bond donors (Lipinski definition) is 0. The monoisotopic (exact) mass is 366 g/mol. The Bertz CT molecular complexity index is 793. The van der Waals surface area contributed by atoms with Gasteiger partial charge in [-0.05, 0) is 49.2 Å². The fourth-order valence-electron chi connectivity index (χ4n) is 3.32. The van der Waals surface area contributed by atoms with Gasteiger partial charge in [0.2, 0.25) is 5.91 Å². The van der Waals surface area contributed by atoms with Gasteiger partial charge in [-0.2, -0.15) is 0 Å². The smallest absolute Gasteiger partial charge is 0.338 e. The van der Waals surface area contributed by atoms with Crippen molar-refractivity contribution in [3.63, 3.8) is 0 Å². The summed E-state index contributed by atoms with van der Waals surface area (Å²) in [5, 5.41) is 0. The Kier molecular flexibility index (Phi) is 6.12. The molecule has 2 aromatic carbocycles. The van der Waals surface area contributed by atoms with Crippen LogP contribution in [0.2, 0.25) is 0 Å². The summed E-state index contributed by atoms with van der Waals surface area (Å²) in [4.78, 5) is 28.5. The van der Waals surface area contributed by atoms with E-state index in [2.05, 4.69) is 4.90 Å². The number of rotatable bonds is 5. The molecule has 1 heterocycles. The van der Waals surface area contributed by atoms with Gasteiger partial charge in [0.1, 0.15) is 0 Å². The van der Waals surface area contributed by atoms with Crippen molar-refractivity contribution in [1.29, 1.82) is 0 Å². The molecule has 1 saturated heterocycles. The van der Waals surface area contributed by atoms with E-state index < -0.39 is 0 Å². The third kappa shape index (κ3) is 4.67. The van der Waals surface area contributed by atoms with E-state index in [-0.39, 0.29) is 11.9 Å². The molecule has 1 aliphatic rings. The van der Waals surface area contributed by atoms with E-state index in [0.717, 1.165) is 29.9 Å². The summed E-state index contributed by atoms with van der Waals surface area (Å²) in [5.74, 6) is -0.114. The molecule has 0 spiro atoms. The Balaban J connectivity index is 1.55. The third-order valence-electron chi connectivity index (χ3n) is 4.98. The summed E-state index contributed by atoms with van der Waals surface area (Å²) in [5.41, 5.74) is 3.88. The average molecular weight is 366 g/mol. The Morgan fingerprint density at radius 1 is 0.963 bits per heavy atom. The number of aryl methyl sites for hydroxylation is 1. The van der Waals surface area contributed by atoms with Gasteiger partial charge < -0.3 is 14.5 Å². The lowest BCUT2D eigenvalue weighted by Gasteiger charge is -2.36. The normalized spacial score (nSPS) is 14.1. The van der Waals surface area contributed by atoms with Crippen LogP contribution in [-0.4, -0.2) is 49.6 Å². The number of piperazine rings is 1. The lowest BCUT2D eigenvalue weighted by atomic mass is 10.1. The van der Waals surface area contributed by atoms with E-state index in [1.54, 1.807) is 19.1 Å². The van der Waals surface area contributed by atoms with Gasteiger partial charge in [0, 0.05) is 31.9 Å². The average Bonchev–Trinajstić information content (AvgIpc) is 2.70. The van der Waals surface area contributed by atoms with Crippen LogP contribution in [0.5, 0.6) is 0 Å². The molecular weight excluding hydrogens is 340 g/mol. The van der Waals surface area contributed by atoms with Gasteiger partial charge in [-0.15, -0.1) is 0 Å². The van der Waals surface area contributed by atoms with Crippen molar-refractivity contribution in [1.82, 2.24) is 4.90 Å². The Labute approximate surface area is 160 Å². The van der Waals surface area contributed by atoms with E-state index in [1.807, 2.05) is 48.2 Å². The maximum absolute atomic E-state index is 12.6. The van der Waals surface area contributed by atoms with Crippen LogP contribution < -0.4 is 4.90 Å². The zero-order valence-electron chi connectivity index (χ0n) is 16.0. The van der Waals surface area contributed by atoms with Crippen LogP contribution in [0.3, 0.4) is 0 Å². The Morgan fingerprint density at radius 2 is 1.63 bits per heavy atom. The zero-order valence-corrected chi connectivity index (χ0v) is 16.0. The molecular formula is C22H26N2O3. The number of esters is 1. The number of ether oxygens (including phenoxy) is 1. The minimum Gasteiger partial charge on any atom is -0.462 e. The van der Waals surface area contributed by atoms with Gasteiger partial charge in [0.15, 0.2) is 0 Å². The number of nitrogens with zero attached hydrogens (tertiary/aromatic N) is 2. The highest BCUT2D eigenvalue weighted by molar-refractivity contribution is 5.89. The van der Waals surface area contributed by atoms with Gasteiger partial charge in [0.05, 0.1) is 18.6 Å². The molecule has 3 rings (SSSR count). The molecule has 5 nitrogen and oxygen atoms in total. The highest BCUT2D eigenvalue weighted by atomic mass is 16.5. The number of carbonyl (C=O) groups excluding carboxylic acids is 2.